The molecule has 0 bridgehead atoms. The second-order valence-electron chi connectivity index (χ2n) is 7.40. The van der Waals surface area contributed by atoms with Crippen LogP contribution in [0.4, 0.5) is 0 Å². The molecule has 0 aromatic heterocycles. The molecule has 2 aromatic rings. The van der Waals surface area contributed by atoms with Gasteiger partial charge >= 0.3 is 0 Å². The first-order chi connectivity index (χ1) is 13.5. The molecule has 29 heavy (non-hydrogen) atoms. The van der Waals surface area contributed by atoms with Gasteiger partial charge in [0.15, 0.2) is 0 Å². The Kier molecular flexibility index (Phi) is 8.56. The van der Waals surface area contributed by atoms with Crippen LogP contribution in [-0.4, -0.2) is 47.6 Å². The van der Waals surface area contributed by atoms with Crippen LogP contribution in [0.5, 0.6) is 0 Å². The minimum Gasteiger partial charge on any atom is -0.353 e. The molecule has 1 heterocycles. The first-order valence-electron chi connectivity index (χ1n) is 9.56. The molecule has 0 spiro atoms. The van der Waals surface area contributed by atoms with Crippen molar-refractivity contribution < 1.29 is 9.59 Å². The van der Waals surface area contributed by atoms with E-state index in [0.717, 1.165) is 4.90 Å². The largest absolute Gasteiger partial charge is 0.353 e. The number of amides is 2. The maximum absolute atomic E-state index is 13.2. The maximum atomic E-state index is 13.2. The van der Waals surface area contributed by atoms with Crippen LogP contribution in [0.2, 0.25) is 0 Å². The van der Waals surface area contributed by atoms with Gasteiger partial charge in [-0.1, -0.05) is 42.5 Å². The van der Waals surface area contributed by atoms with Crippen molar-refractivity contribution in [2.75, 3.05) is 18.8 Å². The summed E-state index contributed by atoms with van der Waals surface area (Å²) in [6, 6.07) is 17.6. The SMILES string of the molecule is CC(C)NC(=O)CSc1ccccc1C(=O)N1C[C@@H](N)[C@H](c2ccccc2)C1.Cl. The molecule has 1 aliphatic rings. The Labute approximate surface area is 182 Å². The summed E-state index contributed by atoms with van der Waals surface area (Å²) in [5.41, 5.74) is 8.14. The molecule has 3 N–H and O–H groups in total. The number of rotatable bonds is 6. The lowest BCUT2D eigenvalue weighted by Crippen LogP contribution is -2.33. The zero-order valence-corrected chi connectivity index (χ0v) is 18.3. The normalized spacial score (nSPS) is 18.4. The summed E-state index contributed by atoms with van der Waals surface area (Å²) in [7, 11) is 0. The van der Waals surface area contributed by atoms with Crippen molar-refractivity contribution in [3.8, 4) is 0 Å². The molecule has 0 saturated carbocycles. The first kappa shape index (κ1) is 23.3. The Bertz CT molecular complexity index is 832. The summed E-state index contributed by atoms with van der Waals surface area (Å²) in [4.78, 5) is 27.8. The number of carbonyl (C=O) groups is 2. The highest BCUT2D eigenvalue weighted by Crippen LogP contribution is 2.30. The number of halogens is 1. The average Bonchev–Trinajstić information content (AvgIpc) is 3.08. The van der Waals surface area contributed by atoms with Crippen LogP contribution >= 0.6 is 24.2 Å². The van der Waals surface area contributed by atoms with E-state index < -0.39 is 0 Å². The Morgan fingerprint density at radius 2 is 1.76 bits per heavy atom. The molecule has 2 atom stereocenters. The van der Waals surface area contributed by atoms with Crippen LogP contribution in [0.15, 0.2) is 59.5 Å². The minimum atomic E-state index is -0.0806. The Balaban J connectivity index is 0.00000300. The number of hydrogen-bond donors (Lipinski definition) is 2. The summed E-state index contributed by atoms with van der Waals surface area (Å²) >= 11 is 1.39. The molecule has 5 nitrogen and oxygen atoms in total. The van der Waals surface area contributed by atoms with Gasteiger partial charge in [0, 0.05) is 36.0 Å². The molecule has 7 heteroatoms. The molecule has 0 aliphatic carbocycles. The number of hydrogen-bond acceptors (Lipinski definition) is 4. The van der Waals surface area contributed by atoms with E-state index in [4.69, 9.17) is 5.73 Å². The van der Waals surface area contributed by atoms with Crippen LogP contribution in [0.3, 0.4) is 0 Å². The predicted octanol–water partition coefficient (Wildman–Crippen LogP) is 3.29. The summed E-state index contributed by atoms with van der Waals surface area (Å²) in [5, 5.41) is 2.87. The van der Waals surface area contributed by atoms with Crippen LogP contribution in [0.1, 0.15) is 35.7 Å². The number of carbonyl (C=O) groups excluding carboxylic acids is 2. The fourth-order valence-electron chi connectivity index (χ4n) is 3.49. The van der Waals surface area contributed by atoms with Crippen molar-refractivity contribution in [2.45, 2.75) is 36.7 Å². The lowest BCUT2D eigenvalue weighted by atomic mass is 9.95. The average molecular weight is 434 g/mol. The van der Waals surface area contributed by atoms with Crippen LogP contribution in [0.25, 0.3) is 0 Å². The zero-order valence-electron chi connectivity index (χ0n) is 16.7. The van der Waals surface area contributed by atoms with Gasteiger partial charge in [-0.05, 0) is 31.5 Å². The number of nitrogens with two attached hydrogens (primary N) is 1. The van der Waals surface area contributed by atoms with Crippen molar-refractivity contribution in [2.24, 2.45) is 5.73 Å². The second-order valence-corrected chi connectivity index (χ2v) is 8.42. The van der Waals surface area contributed by atoms with E-state index in [0.29, 0.717) is 18.7 Å². The highest BCUT2D eigenvalue weighted by molar-refractivity contribution is 8.00. The van der Waals surface area contributed by atoms with E-state index >= 15 is 0 Å². The summed E-state index contributed by atoms with van der Waals surface area (Å²) in [6.07, 6.45) is 0. The third-order valence-electron chi connectivity index (χ3n) is 4.81. The van der Waals surface area contributed by atoms with Gasteiger partial charge in [-0.25, -0.2) is 0 Å². The van der Waals surface area contributed by atoms with E-state index in [2.05, 4.69) is 17.4 Å². The Morgan fingerprint density at radius 3 is 2.45 bits per heavy atom. The van der Waals surface area contributed by atoms with Crippen LogP contribution in [-0.2, 0) is 4.79 Å². The lowest BCUT2D eigenvalue weighted by Gasteiger charge is -2.18. The maximum Gasteiger partial charge on any atom is 0.255 e. The topological polar surface area (TPSA) is 75.4 Å². The van der Waals surface area contributed by atoms with Gasteiger partial charge in [-0.3, -0.25) is 9.59 Å². The fraction of sp³-hybridized carbons (Fsp3) is 0.364. The molecule has 0 radical (unpaired) electrons. The fourth-order valence-corrected chi connectivity index (χ4v) is 4.35. The number of nitrogens with zero attached hydrogens (tertiary/aromatic N) is 1. The van der Waals surface area contributed by atoms with Crippen LogP contribution in [0, 0.1) is 0 Å². The molecule has 1 aliphatic heterocycles. The van der Waals surface area contributed by atoms with E-state index in [1.807, 2.05) is 61.2 Å². The quantitative estimate of drug-likeness (QED) is 0.685. The Morgan fingerprint density at radius 1 is 1.10 bits per heavy atom. The highest BCUT2D eigenvalue weighted by atomic mass is 35.5. The van der Waals surface area contributed by atoms with E-state index in [-0.39, 0.29) is 48.0 Å². The molecule has 1 fully saturated rings. The van der Waals surface area contributed by atoms with E-state index in [1.54, 1.807) is 0 Å². The Hall–Kier alpha value is -2.02. The third-order valence-corrected chi connectivity index (χ3v) is 5.88. The molecule has 0 unspecified atom stereocenters. The van der Waals surface area contributed by atoms with Crippen molar-refractivity contribution >= 4 is 36.0 Å². The van der Waals surface area contributed by atoms with Gasteiger partial charge in [0.05, 0.1) is 11.3 Å². The number of likely N-dealkylation sites (tertiary alicyclic amines) is 1. The smallest absolute Gasteiger partial charge is 0.255 e. The number of nitrogens with one attached hydrogen (secondary N) is 1. The predicted molar refractivity (Wildman–Crippen MR) is 121 cm³/mol. The van der Waals surface area contributed by atoms with Gasteiger partial charge < -0.3 is 16.0 Å². The van der Waals surface area contributed by atoms with E-state index in [1.165, 1.54) is 17.3 Å². The molecular formula is C22H28ClN3O2S. The van der Waals surface area contributed by atoms with Crippen molar-refractivity contribution in [3.05, 3.63) is 65.7 Å². The highest BCUT2D eigenvalue weighted by Gasteiger charge is 2.34. The molecule has 2 aromatic carbocycles. The van der Waals surface area contributed by atoms with Gasteiger partial charge in [0.2, 0.25) is 5.91 Å². The standard InChI is InChI=1S/C22H27N3O2S.ClH/c1-15(2)24-21(26)14-28-20-11-7-6-10-17(20)22(27)25-12-18(19(23)13-25)16-8-4-3-5-9-16;/h3-11,15,18-19H,12-14,23H2,1-2H3,(H,24,26);1H/t18-,19+;/m0./s1. The summed E-state index contributed by atoms with van der Waals surface area (Å²) in [5.74, 6) is 0.367. The third kappa shape index (κ3) is 5.98. The number of benzene rings is 2. The first-order valence-corrected chi connectivity index (χ1v) is 10.5. The molecular weight excluding hydrogens is 406 g/mol. The van der Waals surface area contributed by atoms with Gasteiger partial charge in [-0.15, -0.1) is 24.2 Å². The zero-order chi connectivity index (χ0) is 20.1. The van der Waals surface area contributed by atoms with Gasteiger partial charge in [0.25, 0.3) is 5.91 Å². The summed E-state index contributed by atoms with van der Waals surface area (Å²) in [6.45, 7) is 5.00. The van der Waals surface area contributed by atoms with Gasteiger partial charge in [-0.2, -0.15) is 0 Å². The number of thioether (sulfide) groups is 1. The van der Waals surface area contributed by atoms with Gasteiger partial charge in [0.1, 0.15) is 0 Å². The molecule has 1 saturated heterocycles. The molecule has 156 valence electrons. The van der Waals surface area contributed by atoms with Crippen LogP contribution < -0.4 is 11.1 Å². The van der Waals surface area contributed by atoms with Crippen molar-refractivity contribution in [3.63, 3.8) is 0 Å². The molecule has 2 amide bonds. The molecule has 3 rings (SSSR count). The lowest BCUT2D eigenvalue weighted by molar-refractivity contribution is -0.119. The summed E-state index contributed by atoms with van der Waals surface area (Å²) < 4.78 is 0. The van der Waals surface area contributed by atoms with Crippen molar-refractivity contribution in [1.82, 2.24) is 10.2 Å². The minimum absolute atomic E-state index is 0. The van der Waals surface area contributed by atoms with E-state index in [9.17, 15) is 9.59 Å². The second kappa shape index (κ2) is 10.7. The monoisotopic (exact) mass is 433 g/mol. The van der Waals surface area contributed by atoms with Crippen molar-refractivity contribution in [1.29, 1.82) is 0 Å².